The summed E-state index contributed by atoms with van der Waals surface area (Å²) < 4.78 is 22.8. The molecule has 75 heavy (non-hydrogen) atoms. The minimum Gasteiger partial charge on any atom is -0.664 e. The maximum absolute atomic E-state index is 14.7. The van der Waals surface area contributed by atoms with Crippen molar-refractivity contribution in [3.8, 4) is 0 Å². The molecule has 3 N–H and O–H groups in total. The Morgan fingerprint density at radius 3 is 2.05 bits per heavy atom. The number of carbonyl (C=O) groups excluding carboxylic acids is 3. The van der Waals surface area contributed by atoms with Gasteiger partial charge in [0.25, 0.3) is 5.91 Å². The van der Waals surface area contributed by atoms with Gasteiger partial charge in [0, 0.05) is 49.3 Å². The zero-order chi connectivity index (χ0) is 54.1. The second kappa shape index (κ2) is 31.0. The number of carbonyl (C=O) groups is 3. The van der Waals surface area contributed by atoms with Crippen molar-refractivity contribution in [3.05, 3.63) is 93.4 Å². The van der Waals surface area contributed by atoms with E-state index in [0.29, 0.717) is 65.8 Å². The molecule has 2 aromatic heterocycles. The van der Waals surface area contributed by atoms with Gasteiger partial charge in [-0.2, -0.15) is 0 Å². The molecule has 0 saturated heterocycles. The Morgan fingerprint density at radius 2 is 1.43 bits per heavy atom. The standard InChI is InChI=1S/C62H90N5O7.Mg/c1-15-46-42(10)50-35-52-44(12)48(28-29-56(68)74-33-31-41(9)27-21-26-40(8)25-20-24-39(7)23-19-22-38(5)6)60(66-52)49(34-57(69)71-14)61-59(62(70)63-32-30-58(72-17-3)73-18-4)45(13)53(67-61)37-55-47(16-2)43(11)51(65-55)36-54(46)64-50;/h15,31,35-40,44,48,58H,1,16-30,32-34H2,2-14H3,(H2-,63,64,65,66,67,70);/q-1;+2/p+1/b41-31+;. The normalized spacial score (nSPS) is 16.0. The zero-order valence-corrected chi connectivity index (χ0v) is 49.7. The Bertz CT molecular complexity index is 2580. The molecule has 4 atom stereocenters. The van der Waals surface area contributed by atoms with Gasteiger partial charge >= 0.3 is 35.0 Å². The number of aryl methyl sites for hydroxylation is 2. The number of hydrogen-bond donors (Lipinski definition) is 1. The number of rotatable bonds is 29. The minimum atomic E-state index is -0.489. The zero-order valence-electron chi connectivity index (χ0n) is 48.2. The summed E-state index contributed by atoms with van der Waals surface area (Å²) in [7, 11) is 1.36. The van der Waals surface area contributed by atoms with Crippen LogP contribution in [0, 0.1) is 24.7 Å². The van der Waals surface area contributed by atoms with Crippen LogP contribution in [-0.2, 0) is 46.2 Å². The van der Waals surface area contributed by atoms with Gasteiger partial charge in [0.05, 0.1) is 19.1 Å². The molecule has 12 nitrogen and oxygen atoms in total. The van der Waals surface area contributed by atoms with Crippen LogP contribution in [0.1, 0.15) is 216 Å². The average molecular weight is 1040 g/mol. The van der Waals surface area contributed by atoms with Gasteiger partial charge in [0.2, 0.25) is 22.8 Å². The molecule has 3 aliphatic rings. The molecule has 5 heterocycles. The number of hydrogen-bond acceptors (Lipinski definition) is 7. The van der Waals surface area contributed by atoms with Crippen molar-refractivity contribution < 1.29 is 43.3 Å². The first kappa shape index (κ1) is 63.0. The number of aromatic nitrogens is 4. The molecule has 0 aliphatic carbocycles. The van der Waals surface area contributed by atoms with Crippen LogP contribution in [0.25, 0.3) is 33.3 Å². The number of ether oxygens (including phenoxy) is 4. The first-order chi connectivity index (χ1) is 35.4. The molecule has 4 unspecified atom stereocenters. The van der Waals surface area contributed by atoms with E-state index < -0.39 is 12.3 Å². The van der Waals surface area contributed by atoms with Crippen molar-refractivity contribution >= 4 is 74.2 Å². The molecule has 5 rings (SSSR count). The van der Waals surface area contributed by atoms with Crippen molar-refractivity contribution in [2.24, 2.45) is 17.8 Å². The van der Waals surface area contributed by atoms with E-state index in [2.05, 4.69) is 96.3 Å². The number of methoxy groups -OCH3 is 1. The largest absolute Gasteiger partial charge is 2.00 e. The van der Waals surface area contributed by atoms with E-state index in [4.69, 9.17) is 28.9 Å². The quantitative estimate of drug-likeness (QED) is 0.0362. The van der Waals surface area contributed by atoms with Crippen LogP contribution in [0.2, 0.25) is 0 Å². The van der Waals surface area contributed by atoms with Gasteiger partial charge < -0.3 is 34.2 Å². The number of nitrogens with one attached hydrogen (secondary N) is 3. The van der Waals surface area contributed by atoms with Crippen molar-refractivity contribution in [1.82, 2.24) is 15.3 Å². The van der Waals surface area contributed by atoms with Crippen molar-refractivity contribution in [2.75, 3.05) is 33.5 Å². The SMILES string of the molecule is C=CC1=C(C)c2cc3[n-]c(c(CC(=O)OC)c4[nH+]c(cc5[n-]c(cc1[nH+]2)c(C)c5CC)C(C)=C4C(=O)NCCC(OCC)OCC)C(CCC(=O)OC/C=C(\C)CCCC(C)CCCC(C)CCCC(C)C)C3C.[Mg+2]. The predicted molar refractivity (Wildman–Crippen MR) is 303 cm³/mol. The fourth-order valence-electron chi connectivity index (χ4n) is 10.7. The third kappa shape index (κ3) is 17.5. The molecule has 8 bridgehead atoms. The van der Waals surface area contributed by atoms with Crippen molar-refractivity contribution in [1.29, 1.82) is 0 Å². The third-order valence-electron chi connectivity index (χ3n) is 15.4. The van der Waals surface area contributed by atoms with Gasteiger partial charge in [-0.15, -0.1) is 22.4 Å². The molecule has 1 amide bonds. The number of allylic oxidation sites excluding steroid dienone is 5. The second-order valence-electron chi connectivity index (χ2n) is 21.4. The van der Waals surface area contributed by atoms with E-state index in [1.807, 2.05) is 39.0 Å². The summed E-state index contributed by atoms with van der Waals surface area (Å²) in [4.78, 5) is 59.8. The number of nitrogens with zero attached hydrogens (tertiary/aromatic N) is 2. The van der Waals surface area contributed by atoms with Crippen LogP contribution in [0.3, 0.4) is 0 Å². The molecule has 0 saturated carbocycles. The van der Waals surface area contributed by atoms with Gasteiger partial charge in [-0.3, -0.25) is 14.4 Å². The van der Waals surface area contributed by atoms with E-state index in [-0.39, 0.29) is 72.8 Å². The van der Waals surface area contributed by atoms with Gasteiger partial charge in [-0.1, -0.05) is 116 Å². The Morgan fingerprint density at radius 1 is 0.787 bits per heavy atom. The monoisotopic (exact) mass is 1040 g/mol. The van der Waals surface area contributed by atoms with Gasteiger partial charge in [0.1, 0.15) is 12.2 Å². The molecular formula is C62H91MgN5O7+2. The van der Waals surface area contributed by atoms with Crippen LogP contribution >= 0.6 is 0 Å². The molecule has 3 aliphatic heterocycles. The Labute approximate surface area is 466 Å². The van der Waals surface area contributed by atoms with Crippen molar-refractivity contribution in [3.63, 3.8) is 0 Å². The van der Waals surface area contributed by atoms with Crippen LogP contribution in [0.5, 0.6) is 0 Å². The summed E-state index contributed by atoms with van der Waals surface area (Å²) in [5, 5.41) is 3.13. The van der Waals surface area contributed by atoms with E-state index in [1.54, 1.807) is 0 Å². The first-order valence-electron chi connectivity index (χ1n) is 27.9. The first-order valence-corrected chi connectivity index (χ1v) is 27.9. The van der Waals surface area contributed by atoms with E-state index >= 15 is 0 Å². The fourth-order valence-corrected chi connectivity index (χ4v) is 10.7. The fraction of sp³-hybridized carbons (Fsp3) is 0.597. The summed E-state index contributed by atoms with van der Waals surface area (Å²) in [5.74, 6) is 0.674. The summed E-state index contributed by atoms with van der Waals surface area (Å²) >= 11 is 0. The molecule has 2 aromatic rings. The second-order valence-corrected chi connectivity index (χ2v) is 21.4. The van der Waals surface area contributed by atoms with Gasteiger partial charge in [-0.05, 0) is 121 Å². The number of aromatic amines is 2. The van der Waals surface area contributed by atoms with Crippen LogP contribution in [0.15, 0.2) is 42.5 Å². The molecule has 13 heteroatoms. The summed E-state index contributed by atoms with van der Waals surface area (Å²) in [6.07, 6.45) is 16.2. The minimum absolute atomic E-state index is 0. The van der Waals surface area contributed by atoms with Gasteiger partial charge in [-0.25, -0.2) is 9.97 Å². The Balaban J connectivity index is 0.0000122. The number of amides is 1. The molecule has 0 spiro atoms. The number of esters is 2. The Hall–Kier alpha value is -4.56. The molecule has 0 fully saturated rings. The third-order valence-corrected chi connectivity index (χ3v) is 15.4. The summed E-state index contributed by atoms with van der Waals surface area (Å²) in [6, 6.07) is 6.13. The Kier molecular flexibility index (Phi) is 26.0. The average Bonchev–Trinajstić information content (AvgIpc) is 4.04. The van der Waals surface area contributed by atoms with Crippen LogP contribution in [0.4, 0.5) is 0 Å². The topological polar surface area (TPSA) is 157 Å². The summed E-state index contributed by atoms with van der Waals surface area (Å²) in [6.45, 7) is 31.3. The summed E-state index contributed by atoms with van der Waals surface area (Å²) in [5.41, 5.74) is 12.9. The molecule has 406 valence electrons. The molecule has 0 radical (unpaired) electrons. The number of fused-ring (bicyclic) bond motifs is 8. The van der Waals surface area contributed by atoms with E-state index in [1.165, 1.54) is 57.6 Å². The maximum atomic E-state index is 14.7. The smallest absolute Gasteiger partial charge is 0.664 e. The van der Waals surface area contributed by atoms with Crippen LogP contribution in [-0.4, -0.2) is 80.7 Å². The van der Waals surface area contributed by atoms with E-state index in [0.717, 1.165) is 81.5 Å². The van der Waals surface area contributed by atoms with E-state index in [9.17, 15) is 14.4 Å². The predicted octanol–water partition coefficient (Wildman–Crippen LogP) is 11.9. The van der Waals surface area contributed by atoms with Gasteiger partial charge in [0.15, 0.2) is 6.29 Å². The molecule has 0 aromatic carbocycles. The molecular weight excluding hydrogens is 951 g/mol. The maximum Gasteiger partial charge on any atom is 2.00 e. The number of H-pyrrole nitrogens is 2. The van der Waals surface area contributed by atoms with Crippen molar-refractivity contribution in [2.45, 2.75) is 191 Å². The van der Waals surface area contributed by atoms with Crippen LogP contribution < -0.4 is 25.3 Å².